The number of hydrogen-bond donors (Lipinski definition) is 2. The van der Waals surface area contributed by atoms with E-state index in [1.807, 2.05) is 24.3 Å². The molecule has 2 saturated carbocycles. The van der Waals surface area contributed by atoms with E-state index in [0.29, 0.717) is 6.42 Å². The summed E-state index contributed by atoms with van der Waals surface area (Å²) in [4.78, 5) is 38.7. The first-order valence-corrected chi connectivity index (χ1v) is 12.2. The number of rotatable bonds is 8. The van der Waals surface area contributed by atoms with Gasteiger partial charge in [-0.25, -0.2) is 4.79 Å². The standard InChI is InChI=1S/C27H30N2O5/c30-25(31)14-15-29(17-12-13-17)26(32)22-10-5-11-24(22)28-27(33)34-16-23-20-8-3-1-6-18(20)19-7-2-4-9-21(19)23/h1-4,6-9,17,22-24H,5,10-16H2,(H,28,33)(H,30,31)/t22-,24+/m0/s1. The van der Waals surface area contributed by atoms with E-state index in [4.69, 9.17) is 9.84 Å². The molecule has 2 aromatic carbocycles. The van der Waals surface area contributed by atoms with Crippen molar-refractivity contribution in [3.8, 4) is 11.1 Å². The number of carboxylic acids is 1. The zero-order valence-corrected chi connectivity index (χ0v) is 19.1. The van der Waals surface area contributed by atoms with Crippen molar-refractivity contribution in [1.29, 1.82) is 0 Å². The Morgan fingerprint density at radius 1 is 0.941 bits per heavy atom. The number of nitrogens with one attached hydrogen (secondary N) is 1. The van der Waals surface area contributed by atoms with Gasteiger partial charge in [0.05, 0.1) is 12.3 Å². The fourth-order valence-electron chi connectivity index (χ4n) is 5.51. The second-order valence-corrected chi connectivity index (χ2v) is 9.52. The molecule has 5 rings (SSSR count). The number of aliphatic carboxylic acids is 1. The van der Waals surface area contributed by atoms with Crippen LogP contribution >= 0.6 is 0 Å². The summed E-state index contributed by atoms with van der Waals surface area (Å²) < 4.78 is 5.68. The Labute approximate surface area is 199 Å². The molecule has 34 heavy (non-hydrogen) atoms. The first-order valence-electron chi connectivity index (χ1n) is 12.2. The van der Waals surface area contributed by atoms with Gasteiger partial charge < -0.3 is 20.1 Å². The van der Waals surface area contributed by atoms with E-state index >= 15 is 0 Å². The Morgan fingerprint density at radius 2 is 1.59 bits per heavy atom. The summed E-state index contributed by atoms with van der Waals surface area (Å²) in [6.07, 6.45) is 3.55. The molecule has 2 aromatic rings. The third-order valence-corrected chi connectivity index (χ3v) is 7.32. The zero-order valence-electron chi connectivity index (χ0n) is 19.1. The van der Waals surface area contributed by atoms with E-state index in [1.54, 1.807) is 4.90 Å². The van der Waals surface area contributed by atoms with E-state index in [9.17, 15) is 14.4 Å². The number of carbonyl (C=O) groups excluding carboxylic acids is 2. The average molecular weight is 463 g/mol. The van der Waals surface area contributed by atoms with Crippen molar-refractivity contribution in [2.75, 3.05) is 13.2 Å². The molecule has 2 amide bonds. The van der Waals surface area contributed by atoms with Crippen LogP contribution in [0.5, 0.6) is 0 Å². The summed E-state index contributed by atoms with van der Waals surface area (Å²) in [5.74, 6) is -1.28. The van der Waals surface area contributed by atoms with Crippen molar-refractivity contribution >= 4 is 18.0 Å². The molecule has 0 bridgehead atoms. The monoisotopic (exact) mass is 462 g/mol. The number of hydrogen-bond acceptors (Lipinski definition) is 4. The molecule has 0 saturated heterocycles. The zero-order chi connectivity index (χ0) is 23.7. The topological polar surface area (TPSA) is 95.9 Å². The lowest BCUT2D eigenvalue weighted by atomic mass is 9.98. The molecule has 2 atom stereocenters. The Bertz CT molecular complexity index is 1050. The van der Waals surface area contributed by atoms with Crippen molar-refractivity contribution in [2.24, 2.45) is 5.92 Å². The molecule has 2 fully saturated rings. The summed E-state index contributed by atoms with van der Waals surface area (Å²) in [5.41, 5.74) is 4.66. The quantitative estimate of drug-likeness (QED) is 0.614. The third-order valence-electron chi connectivity index (χ3n) is 7.32. The van der Waals surface area contributed by atoms with Crippen molar-refractivity contribution < 1.29 is 24.2 Å². The predicted molar refractivity (Wildman–Crippen MR) is 126 cm³/mol. The molecule has 0 unspecified atom stereocenters. The van der Waals surface area contributed by atoms with Gasteiger partial charge in [0.25, 0.3) is 0 Å². The number of amides is 2. The maximum Gasteiger partial charge on any atom is 0.407 e. The average Bonchev–Trinajstić information content (AvgIpc) is 3.48. The normalized spacial score (nSPS) is 20.9. The van der Waals surface area contributed by atoms with Gasteiger partial charge in [-0.2, -0.15) is 0 Å². The van der Waals surface area contributed by atoms with Gasteiger partial charge in [-0.3, -0.25) is 9.59 Å². The third kappa shape index (κ3) is 4.52. The number of benzene rings is 2. The van der Waals surface area contributed by atoms with Crippen molar-refractivity contribution in [2.45, 2.75) is 56.5 Å². The lowest BCUT2D eigenvalue weighted by Gasteiger charge is -2.28. The van der Waals surface area contributed by atoms with Gasteiger partial charge >= 0.3 is 12.1 Å². The van der Waals surface area contributed by atoms with Crippen LogP contribution in [0.25, 0.3) is 11.1 Å². The predicted octanol–water partition coefficient (Wildman–Crippen LogP) is 4.16. The van der Waals surface area contributed by atoms with Crippen LogP contribution in [-0.4, -0.2) is 53.2 Å². The van der Waals surface area contributed by atoms with Crippen LogP contribution in [0.2, 0.25) is 0 Å². The molecule has 0 heterocycles. The lowest BCUT2D eigenvalue weighted by molar-refractivity contribution is -0.140. The maximum atomic E-state index is 13.2. The fraction of sp³-hybridized carbons (Fsp3) is 0.444. The molecule has 3 aliphatic rings. The van der Waals surface area contributed by atoms with Gasteiger partial charge in [-0.05, 0) is 47.9 Å². The minimum absolute atomic E-state index is 0.0134. The number of carboxylic acid groups (broad SMARTS) is 1. The summed E-state index contributed by atoms with van der Waals surface area (Å²) in [5, 5.41) is 12.0. The van der Waals surface area contributed by atoms with Crippen LogP contribution in [0, 0.1) is 5.92 Å². The van der Waals surface area contributed by atoms with Crippen LogP contribution in [0.15, 0.2) is 48.5 Å². The van der Waals surface area contributed by atoms with Crippen molar-refractivity contribution in [1.82, 2.24) is 10.2 Å². The van der Waals surface area contributed by atoms with E-state index < -0.39 is 12.1 Å². The summed E-state index contributed by atoms with van der Waals surface area (Å²) in [7, 11) is 0. The van der Waals surface area contributed by atoms with Gasteiger partial charge in [0.2, 0.25) is 5.91 Å². The highest BCUT2D eigenvalue weighted by Gasteiger charge is 2.41. The molecule has 7 nitrogen and oxygen atoms in total. The van der Waals surface area contributed by atoms with E-state index in [-0.39, 0.29) is 49.4 Å². The Kier molecular flexibility index (Phi) is 6.26. The number of fused-ring (bicyclic) bond motifs is 3. The number of alkyl carbamates (subject to hydrolysis) is 1. The maximum absolute atomic E-state index is 13.2. The summed E-state index contributed by atoms with van der Waals surface area (Å²) >= 11 is 0. The van der Waals surface area contributed by atoms with Crippen LogP contribution in [0.4, 0.5) is 4.79 Å². The summed E-state index contributed by atoms with van der Waals surface area (Å²) in [6, 6.07) is 16.3. The fourth-order valence-corrected chi connectivity index (χ4v) is 5.51. The molecule has 2 N–H and O–H groups in total. The molecule has 3 aliphatic carbocycles. The molecule has 0 aliphatic heterocycles. The van der Waals surface area contributed by atoms with Gasteiger partial charge in [-0.15, -0.1) is 0 Å². The van der Waals surface area contributed by atoms with Gasteiger partial charge in [-0.1, -0.05) is 55.0 Å². The van der Waals surface area contributed by atoms with E-state index in [0.717, 1.165) is 36.8 Å². The minimum atomic E-state index is -0.904. The Morgan fingerprint density at radius 3 is 2.21 bits per heavy atom. The molecule has 0 spiro atoms. The minimum Gasteiger partial charge on any atom is -0.481 e. The molecule has 0 radical (unpaired) electrons. The first kappa shape index (κ1) is 22.4. The molecular weight excluding hydrogens is 432 g/mol. The molecule has 178 valence electrons. The van der Waals surface area contributed by atoms with Crippen LogP contribution in [0.1, 0.15) is 55.6 Å². The number of ether oxygens (including phenoxy) is 1. The van der Waals surface area contributed by atoms with Crippen LogP contribution < -0.4 is 5.32 Å². The Balaban J connectivity index is 1.21. The lowest BCUT2D eigenvalue weighted by Crippen LogP contribution is -2.47. The molecular formula is C27H30N2O5. The van der Waals surface area contributed by atoms with Gasteiger partial charge in [0.15, 0.2) is 0 Å². The number of carbonyl (C=O) groups is 3. The second kappa shape index (κ2) is 9.49. The highest BCUT2D eigenvalue weighted by atomic mass is 16.5. The van der Waals surface area contributed by atoms with Crippen LogP contribution in [0.3, 0.4) is 0 Å². The van der Waals surface area contributed by atoms with E-state index in [1.165, 1.54) is 11.1 Å². The highest BCUT2D eigenvalue weighted by molar-refractivity contribution is 5.82. The van der Waals surface area contributed by atoms with Crippen molar-refractivity contribution in [3.63, 3.8) is 0 Å². The molecule has 7 heteroatoms. The molecule has 0 aromatic heterocycles. The summed E-state index contributed by atoms with van der Waals surface area (Å²) in [6.45, 7) is 0.463. The largest absolute Gasteiger partial charge is 0.481 e. The van der Waals surface area contributed by atoms with E-state index in [2.05, 4.69) is 29.6 Å². The van der Waals surface area contributed by atoms with Crippen LogP contribution in [-0.2, 0) is 14.3 Å². The second-order valence-electron chi connectivity index (χ2n) is 9.52. The van der Waals surface area contributed by atoms with Gasteiger partial charge in [0.1, 0.15) is 6.61 Å². The highest BCUT2D eigenvalue weighted by Crippen LogP contribution is 2.44. The smallest absolute Gasteiger partial charge is 0.407 e. The van der Waals surface area contributed by atoms with Crippen molar-refractivity contribution in [3.05, 3.63) is 59.7 Å². The Hall–Kier alpha value is -3.35. The first-order chi connectivity index (χ1) is 16.5. The van der Waals surface area contributed by atoms with Gasteiger partial charge in [0, 0.05) is 24.5 Å². The number of nitrogens with zero attached hydrogens (tertiary/aromatic N) is 1. The SMILES string of the molecule is O=C(O)CCN(C(=O)[C@H]1CCC[C@H]1NC(=O)OCC1c2ccccc2-c2ccccc21)C1CC1.